The van der Waals surface area contributed by atoms with Crippen LogP contribution in [-0.4, -0.2) is 32.9 Å². The van der Waals surface area contributed by atoms with E-state index in [1.807, 2.05) is 18.3 Å². The van der Waals surface area contributed by atoms with Gasteiger partial charge in [-0.2, -0.15) is 5.10 Å². The SMILES string of the molecule is CCC1(C)OB(c2ccn3ncnc3c2)OC1(C)C. The average molecular weight is 259 g/mol. The summed E-state index contributed by atoms with van der Waals surface area (Å²) in [5, 5.41) is 4.08. The summed E-state index contributed by atoms with van der Waals surface area (Å²) < 4.78 is 14.0. The Bertz CT molecular complexity index is 613. The van der Waals surface area contributed by atoms with Crippen molar-refractivity contribution in [2.24, 2.45) is 0 Å². The molecule has 3 rings (SSSR count). The highest BCUT2D eigenvalue weighted by Gasteiger charge is 2.53. The van der Waals surface area contributed by atoms with Gasteiger partial charge in [-0.15, -0.1) is 0 Å². The first-order chi connectivity index (χ1) is 8.95. The lowest BCUT2D eigenvalue weighted by Gasteiger charge is -2.35. The number of hydrogen-bond acceptors (Lipinski definition) is 4. The van der Waals surface area contributed by atoms with Gasteiger partial charge >= 0.3 is 7.12 Å². The maximum absolute atomic E-state index is 6.15. The molecular weight excluding hydrogens is 241 g/mol. The second-order valence-corrected chi connectivity index (χ2v) is 5.69. The van der Waals surface area contributed by atoms with Crippen molar-refractivity contribution in [2.45, 2.75) is 45.3 Å². The molecule has 2 aromatic heterocycles. The van der Waals surface area contributed by atoms with Gasteiger partial charge in [0.1, 0.15) is 6.33 Å². The van der Waals surface area contributed by atoms with Crippen LogP contribution in [-0.2, 0) is 9.31 Å². The number of rotatable bonds is 2. The molecule has 1 fully saturated rings. The predicted octanol–water partition coefficient (Wildman–Crippen LogP) is 1.42. The van der Waals surface area contributed by atoms with E-state index in [9.17, 15) is 0 Å². The van der Waals surface area contributed by atoms with Gasteiger partial charge in [0.2, 0.25) is 0 Å². The van der Waals surface area contributed by atoms with Crippen molar-refractivity contribution in [3.05, 3.63) is 24.7 Å². The van der Waals surface area contributed by atoms with Crippen LogP contribution in [0.5, 0.6) is 0 Å². The Labute approximate surface area is 113 Å². The standard InChI is InChI=1S/C13H18BN3O2/c1-5-13(4)12(2,3)18-14(19-13)10-6-7-17-11(8-10)15-9-16-17/h6-9H,5H2,1-4H3. The minimum atomic E-state index is -0.346. The third-order valence-corrected chi connectivity index (χ3v) is 4.29. The predicted molar refractivity (Wildman–Crippen MR) is 73.3 cm³/mol. The maximum Gasteiger partial charge on any atom is 0.495 e. The summed E-state index contributed by atoms with van der Waals surface area (Å²) in [6.07, 6.45) is 4.32. The van der Waals surface area contributed by atoms with Crippen LogP contribution in [0.3, 0.4) is 0 Å². The number of aromatic nitrogens is 3. The minimum absolute atomic E-state index is 0.280. The zero-order chi connectivity index (χ0) is 13.7. The first kappa shape index (κ1) is 12.6. The summed E-state index contributed by atoms with van der Waals surface area (Å²) in [6, 6.07) is 3.92. The van der Waals surface area contributed by atoms with Gasteiger partial charge < -0.3 is 9.31 Å². The van der Waals surface area contributed by atoms with Crippen LogP contribution >= 0.6 is 0 Å². The van der Waals surface area contributed by atoms with Crippen LogP contribution in [0.1, 0.15) is 34.1 Å². The van der Waals surface area contributed by atoms with Crippen molar-refractivity contribution in [3.63, 3.8) is 0 Å². The fourth-order valence-electron chi connectivity index (χ4n) is 2.42. The van der Waals surface area contributed by atoms with E-state index in [1.165, 1.54) is 6.33 Å². The number of fused-ring (bicyclic) bond motifs is 1. The number of hydrogen-bond donors (Lipinski definition) is 0. The topological polar surface area (TPSA) is 48.7 Å². The Hall–Kier alpha value is -1.40. The highest BCUT2D eigenvalue weighted by Crippen LogP contribution is 2.39. The van der Waals surface area contributed by atoms with Crippen LogP contribution in [0, 0.1) is 0 Å². The molecule has 0 N–H and O–H groups in total. The van der Waals surface area contributed by atoms with Gasteiger partial charge in [-0.1, -0.05) is 6.92 Å². The van der Waals surface area contributed by atoms with E-state index >= 15 is 0 Å². The molecule has 0 amide bonds. The molecule has 3 heterocycles. The molecule has 1 atom stereocenters. The van der Waals surface area contributed by atoms with Gasteiger partial charge in [0, 0.05) is 6.20 Å². The monoisotopic (exact) mass is 259 g/mol. The van der Waals surface area contributed by atoms with E-state index in [-0.39, 0.29) is 18.3 Å². The van der Waals surface area contributed by atoms with Gasteiger partial charge in [0.15, 0.2) is 5.65 Å². The smallest absolute Gasteiger partial charge is 0.399 e. The highest BCUT2D eigenvalue weighted by molar-refractivity contribution is 6.62. The van der Waals surface area contributed by atoms with Gasteiger partial charge in [-0.05, 0) is 44.8 Å². The van der Waals surface area contributed by atoms with E-state index in [0.717, 1.165) is 17.5 Å². The Morgan fingerprint density at radius 3 is 2.79 bits per heavy atom. The third-order valence-electron chi connectivity index (χ3n) is 4.29. The molecule has 0 aliphatic carbocycles. The van der Waals surface area contributed by atoms with E-state index < -0.39 is 0 Å². The largest absolute Gasteiger partial charge is 0.495 e. The van der Waals surface area contributed by atoms with Gasteiger partial charge in [0.25, 0.3) is 0 Å². The van der Waals surface area contributed by atoms with E-state index in [1.54, 1.807) is 4.52 Å². The summed E-state index contributed by atoms with van der Waals surface area (Å²) in [6.45, 7) is 8.37. The zero-order valence-corrected chi connectivity index (χ0v) is 11.8. The zero-order valence-electron chi connectivity index (χ0n) is 11.8. The Morgan fingerprint density at radius 1 is 1.32 bits per heavy atom. The van der Waals surface area contributed by atoms with Crippen LogP contribution in [0.15, 0.2) is 24.7 Å². The Kier molecular flexibility index (Phi) is 2.69. The van der Waals surface area contributed by atoms with Crippen molar-refractivity contribution in [3.8, 4) is 0 Å². The van der Waals surface area contributed by atoms with Gasteiger partial charge in [-0.25, -0.2) is 9.50 Å². The first-order valence-corrected chi connectivity index (χ1v) is 6.60. The molecule has 100 valence electrons. The van der Waals surface area contributed by atoms with Crippen molar-refractivity contribution in [1.29, 1.82) is 0 Å². The summed E-state index contributed by atoms with van der Waals surface area (Å²) in [5.41, 5.74) is 1.18. The van der Waals surface area contributed by atoms with Crippen LogP contribution < -0.4 is 5.46 Å². The van der Waals surface area contributed by atoms with Crippen molar-refractivity contribution >= 4 is 18.2 Å². The maximum atomic E-state index is 6.15. The van der Waals surface area contributed by atoms with Gasteiger partial charge in [-0.3, -0.25) is 0 Å². The lowest BCUT2D eigenvalue weighted by Crippen LogP contribution is -2.44. The summed E-state index contributed by atoms with van der Waals surface area (Å²) in [5.74, 6) is 0. The summed E-state index contributed by atoms with van der Waals surface area (Å²) in [4.78, 5) is 4.18. The summed E-state index contributed by atoms with van der Waals surface area (Å²) >= 11 is 0. The molecule has 5 nitrogen and oxygen atoms in total. The van der Waals surface area contributed by atoms with Crippen molar-refractivity contribution < 1.29 is 9.31 Å². The fourth-order valence-corrected chi connectivity index (χ4v) is 2.42. The molecule has 2 aromatic rings. The molecule has 1 aliphatic rings. The quantitative estimate of drug-likeness (QED) is 0.765. The average Bonchev–Trinajstić information content (AvgIpc) is 2.92. The normalized spacial score (nSPS) is 26.2. The molecule has 19 heavy (non-hydrogen) atoms. The van der Waals surface area contributed by atoms with E-state index in [2.05, 4.69) is 37.8 Å². The minimum Gasteiger partial charge on any atom is -0.399 e. The number of pyridine rings is 1. The lowest BCUT2D eigenvalue weighted by molar-refractivity contribution is -0.0118. The van der Waals surface area contributed by atoms with Crippen molar-refractivity contribution in [2.75, 3.05) is 0 Å². The molecule has 0 radical (unpaired) electrons. The molecule has 0 saturated carbocycles. The lowest BCUT2D eigenvalue weighted by atomic mass is 9.80. The van der Waals surface area contributed by atoms with Crippen molar-refractivity contribution in [1.82, 2.24) is 14.6 Å². The fraction of sp³-hybridized carbons (Fsp3) is 0.538. The van der Waals surface area contributed by atoms with E-state index in [0.29, 0.717) is 0 Å². The molecule has 1 saturated heterocycles. The molecule has 6 heteroatoms. The second kappa shape index (κ2) is 4.05. The molecule has 0 spiro atoms. The molecule has 0 aromatic carbocycles. The second-order valence-electron chi connectivity index (χ2n) is 5.69. The highest BCUT2D eigenvalue weighted by atomic mass is 16.7. The molecule has 1 unspecified atom stereocenters. The van der Waals surface area contributed by atoms with Gasteiger partial charge in [0.05, 0.1) is 11.2 Å². The Morgan fingerprint density at radius 2 is 2.11 bits per heavy atom. The molecular formula is C13H18BN3O2. The van der Waals surface area contributed by atoms with Crippen LogP contribution in [0.2, 0.25) is 0 Å². The molecule has 0 bridgehead atoms. The van der Waals surface area contributed by atoms with E-state index in [4.69, 9.17) is 9.31 Å². The summed E-state index contributed by atoms with van der Waals surface area (Å²) in [7, 11) is -0.346. The van der Waals surface area contributed by atoms with Crippen LogP contribution in [0.4, 0.5) is 0 Å². The Balaban J connectivity index is 1.95. The number of nitrogens with zero attached hydrogens (tertiary/aromatic N) is 3. The first-order valence-electron chi connectivity index (χ1n) is 6.60. The van der Waals surface area contributed by atoms with Crippen LogP contribution in [0.25, 0.3) is 5.65 Å². The molecule has 1 aliphatic heterocycles. The third kappa shape index (κ3) is 1.86.